The number of guanidine groups is 1. The smallest absolute Gasteiger partial charge is 0.191 e. The predicted octanol–water partition coefficient (Wildman–Crippen LogP) is 3.27. The van der Waals surface area contributed by atoms with Crippen LogP contribution < -0.4 is 10.6 Å². The summed E-state index contributed by atoms with van der Waals surface area (Å²) in [6, 6.07) is 10.5. The molecule has 4 nitrogen and oxygen atoms in total. The lowest BCUT2D eigenvalue weighted by molar-refractivity contribution is 0.0574. The van der Waals surface area contributed by atoms with Gasteiger partial charge in [0.25, 0.3) is 0 Å². The highest BCUT2D eigenvalue weighted by Crippen LogP contribution is 2.29. The normalized spacial score (nSPS) is 18.1. The van der Waals surface area contributed by atoms with Crippen molar-refractivity contribution in [2.75, 3.05) is 19.6 Å². The van der Waals surface area contributed by atoms with E-state index >= 15 is 0 Å². The van der Waals surface area contributed by atoms with Gasteiger partial charge in [0.2, 0.25) is 0 Å². The summed E-state index contributed by atoms with van der Waals surface area (Å²) in [5, 5.41) is 17.0. The highest BCUT2D eigenvalue weighted by Gasteiger charge is 2.30. The van der Waals surface area contributed by atoms with E-state index < -0.39 is 5.60 Å². The quantitative estimate of drug-likeness (QED) is 0.368. The maximum Gasteiger partial charge on any atom is 0.191 e. The van der Waals surface area contributed by atoms with Crippen molar-refractivity contribution < 1.29 is 5.11 Å². The first-order valence-electron chi connectivity index (χ1n) is 8.42. The van der Waals surface area contributed by atoms with E-state index in [0.717, 1.165) is 44.7 Å². The van der Waals surface area contributed by atoms with Gasteiger partial charge in [0.15, 0.2) is 5.96 Å². The molecule has 1 aromatic carbocycles. The number of aliphatic imine (C=N–C) groups is 1. The van der Waals surface area contributed by atoms with Gasteiger partial charge in [-0.15, -0.1) is 24.0 Å². The number of hydrogen-bond acceptors (Lipinski definition) is 2. The fraction of sp³-hybridized carbons (Fsp3) is 0.611. The minimum Gasteiger partial charge on any atom is -0.388 e. The largest absolute Gasteiger partial charge is 0.388 e. The van der Waals surface area contributed by atoms with Crippen LogP contribution in [0.1, 0.15) is 51.0 Å². The molecule has 5 heteroatoms. The van der Waals surface area contributed by atoms with E-state index in [4.69, 9.17) is 0 Å². The molecule has 1 saturated carbocycles. The van der Waals surface area contributed by atoms with Gasteiger partial charge in [0.05, 0.1) is 12.1 Å². The van der Waals surface area contributed by atoms with Gasteiger partial charge in [-0.25, -0.2) is 0 Å². The SMILES string of the molecule is CCNC(=NCC1(O)CCCC1)NCC(C)c1ccccc1.I. The van der Waals surface area contributed by atoms with Crippen molar-refractivity contribution in [1.82, 2.24) is 10.6 Å². The number of benzene rings is 1. The summed E-state index contributed by atoms with van der Waals surface area (Å²) in [5.74, 6) is 1.21. The molecule has 3 N–H and O–H groups in total. The lowest BCUT2D eigenvalue weighted by Gasteiger charge is -2.21. The summed E-state index contributed by atoms with van der Waals surface area (Å²) < 4.78 is 0. The standard InChI is InChI=1S/C18H29N3O.HI/c1-3-19-17(21-14-18(22)11-7-8-12-18)20-13-15(2)16-9-5-4-6-10-16;/h4-6,9-10,15,22H,3,7-8,11-14H2,1-2H3,(H2,19,20,21);1H. The number of nitrogens with zero attached hydrogens (tertiary/aromatic N) is 1. The number of aliphatic hydroxyl groups is 1. The third-order valence-electron chi connectivity index (χ3n) is 4.35. The van der Waals surface area contributed by atoms with E-state index in [0.29, 0.717) is 12.5 Å². The van der Waals surface area contributed by atoms with E-state index in [-0.39, 0.29) is 24.0 Å². The molecule has 1 aromatic rings. The van der Waals surface area contributed by atoms with Crippen molar-refractivity contribution in [3.8, 4) is 0 Å². The molecule has 0 aliphatic heterocycles. The molecule has 1 fully saturated rings. The first-order chi connectivity index (χ1) is 10.6. The van der Waals surface area contributed by atoms with Gasteiger partial charge in [-0.1, -0.05) is 50.1 Å². The van der Waals surface area contributed by atoms with Crippen LogP contribution in [0.3, 0.4) is 0 Å². The highest BCUT2D eigenvalue weighted by molar-refractivity contribution is 14.0. The van der Waals surface area contributed by atoms with Crippen LogP contribution in [0.25, 0.3) is 0 Å². The van der Waals surface area contributed by atoms with E-state index in [1.165, 1.54) is 5.56 Å². The Labute approximate surface area is 157 Å². The molecule has 0 amide bonds. The van der Waals surface area contributed by atoms with Crippen LogP contribution in [0, 0.1) is 0 Å². The van der Waals surface area contributed by atoms with Gasteiger partial charge in [0, 0.05) is 13.1 Å². The lowest BCUT2D eigenvalue weighted by Crippen LogP contribution is -2.40. The van der Waals surface area contributed by atoms with Gasteiger partial charge in [0.1, 0.15) is 0 Å². The third-order valence-corrected chi connectivity index (χ3v) is 4.35. The van der Waals surface area contributed by atoms with Gasteiger partial charge in [-0.3, -0.25) is 4.99 Å². The van der Waals surface area contributed by atoms with Crippen molar-refractivity contribution in [1.29, 1.82) is 0 Å². The Hall–Kier alpha value is -0.820. The molecule has 1 atom stereocenters. The first-order valence-corrected chi connectivity index (χ1v) is 8.42. The molecule has 0 heterocycles. The first kappa shape index (κ1) is 20.2. The van der Waals surface area contributed by atoms with Gasteiger partial charge < -0.3 is 15.7 Å². The zero-order chi connectivity index (χ0) is 15.8. The van der Waals surface area contributed by atoms with Crippen LogP contribution in [0.4, 0.5) is 0 Å². The van der Waals surface area contributed by atoms with Crippen molar-refractivity contribution in [2.45, 2.75) is 51.0 Å². The fourth-order valence-electron chi connectivity index (χ4n) is 2.91. The minimum absolute atomic E-state index is 0. The van der Waals surface area contributed by atoms with Gasteiger partial charge >= 0.3 is 0 Å². The molecular formula is C18H30IN3O. The second kappa shape index (κ2) is 10.1. The minimum atomic E-state index is -0.590. The molecule has 0 spiro atoms. The molecule has 130 valence electrons. The Morgan fingerprint density at radius 2 is 1.87 bits per heavy atom. The molecule has 1 aliphatic rings. The van der Waals surface area contributed by atoms with Gasteiger partial charge in [-0.2, -0.15) is 0 Å². The zero-order valence-corrected chi connectivity index (χ0v) is 16.5. The maximum atomic E-state index is 10.4. The average Bonchev–Trinajstić information content (AvgIpc) is 2.98. The predicted molar refractivity (Wildman–Crippen MR) is 108 cm³/mol. The summed E-state index contributed by atoms with van der Waals surface area (Å²) in [5.41, 5.74) is 0.730. The number of rotatable bonds is 6. The number of halogens is 1. The highest BCUT2D eigenvalue weighted by atomic mass is 127. The van der Waals surface area contributed by atoms with Crippen molar-refractivity contribution in [3.05, 3.63) is 35.9 Å². The molecule has 1 unspecified atom stereocenters. The Morgan fingerprint density at radius 3 is 2.48 bits per heavy atom. The van der Waals surface area contributed by atoms with E-state index in [9.17, 15) is 5.11 Å². The van der Waals surface area contributed by atoms with Crippen LogP contribution in [0.5, 0.6) is 0 Å². The summed E-state index contributed by atoms with van der Waals surface area (Å²) >= 11 is 0. The van der Waals surface area contributed by atoms with Crippen molar-refractivity contribution >= 4 is 29.9 Å². The average molecular weight is 431 g/mol. The molecule has 0 radical (unpaired) electrons. The molecule has 2 rings (SSSR count). The summed E-state index contributed by atoms with van der Waals surface area (Å²) in [6.07, 6.45) is 3.97. The molecule has 23 heavy (non-hydrogen) atoms. The van der Waals surface area contributed by atoms with E-state index in [1.54, 1.807) is 0 Å². The molecule has 0 bridgehead atoms. The van der Waals surface area contributed by atoms with Gasteiger partial charge in [-0.05, 0) is 31.2 Å². The van der Waals surface area contributed by atoms with Crippen LogP contribution in [0.15, 0.2) is 35.3 Å². The Bertz CT molecular complexity index is 472. The number of nitrogens with one attached hydrogen (secondary N) is 2. The number of hydrogen-bond donors (Lipinski definition) is 3. The van der Waals surface area contributed by atoms with E-state index in [2.05, 4.69) is 53.7 Å². The van der Waals surface area contributed by atoms with Crippen LogP contribution in [-0.4, -0.2) is 36.3 Å². The topological polar surface area (TPSA) is 56.7 Å². The molecular weight excluding hydrogens is 401 g/mol. The van der Waals surface area contributed by atoms with Crippen LogP contribution >= 0.6 is 24.0 Å². The van der Waals surface area contributed by atoms with Crippen LogP contribution in [0.2, 0.25) is 0 Å². The molecule has 1 aliphatic carbocycles. The summed E-state index contributed by atoms with van der Waals surface area (Å²) in [6.45, 7) is 6.40. The fourth-order valence-corrected chi connectivity index (χ4v) is 2.91. The molecule has 0 saturated heterocycles. The van der Waals surface area contributed by atoms with E-state index in [1.807, 2.05) is 6.07 Å². The molecule has 0 aromatic heterocycles. The van der Waals surface area contributed by atoms with Crippen molar-refractivity contribution in [2.24, 2.45) is 4.99 Å². The monoisotopic (exact) mass is 431 g/mol. The summed E-state index contributed by atoms with van der Waals surface area (Å²) in [7, 11) is 0. The maximum absolute atomic E-state index is 10.4. The Balaban J connectivity index is 0.00000264. The second-order valence-corrected chi connectivity index (χ2v) is 6.32. The van der Waals surface area contributed by atoms with Crippen LogP contribution in [-0.2, 0) is 0 Å². The second-order valence-electron chi connectivity index (χ2n) is 6.32. The Morgan fingerprint density at radius 1 is 1.22 bits per heavy atom. The Kier molecular flexibility index (Phi) is 8.91. The zero-order valence-electron chi connectivity index (χ0n) is 14.2. The summed E-state index contributed by atoms with van der Waals surface area (Å²) in [4.78, 5) is 4.58. The third kappa shape index (κ3) is 6.67. The lowest BCUT2D eigenvalue weighted by atomic mass is 10.0. The van der Waals surface area contributed by atoms with Crippen molar-refractivity contribution in [3.63, 3.8) is 0 Å².